The van der Waals surface area contributed by atoms with Crippen LogP contribution in [0.15, 0.2) is 0 Å². The molecule has 1 aromatic heterocycles. The van der Waals surface area contributed by atoms with E-state index >= 15 is 0 Å². The number of hydrogen-bond acceptors (Lipinski definition) is 6. The number of nitrogen functional groups attached to an aromatic ring is 1. The molecule has 0 aromatic carbocycles. The van der Waals surface area contributed by atoms with Crippen molar-refractivity contribution in [1.82, 2.24) is 9.78 Å². The summed E-state index contributed by atoms with van der Waals surface area (Å²) < 4.78 is 11.5. The highest BCUT2D eigenvalue weighted by molar-refractivity contribution is 5.98. The molecule has 116 valence electrons. The average Bonchev–Trinajstić information content (AvgIpc) is 2.82. The summed E-state index contributed by atoms with van der Waals surface area (Å²) in [5, 5.41) is 4.39. The second kappa shape index (κ2) is 6.57. The van der Waals surface area contributed by atoms with Crippen LogP contribution in [-0.4, -0.2) is 42.0 Å². The number of nitrogens with zero attached hydrogens (tertiary/aromatic N) is 2. The van der Waals surface area contributed by atoms with Crippen LogP contribution in [0.4, 0.5) is 5.82 Å². The molecule has 0 atom stereocenters. The molecular weight excluding hydrogens is 276 g/mol. The number of rotatable bonds is 5. The van der Waals surface area contributed by atoms with E-state index in [1.807, 2.05) is 0 Å². The maximum absolute atomic E-state index is 11.6. The fourth-order valence-electron chi connectivity index (χ4n) is 2.47. The van der Waals surface area contributed by atoms with Gasteiger partial charge in [0.1, 0.15) is 11.4 Å². The molecule has 8 heteroatoms. The molecule has 1 aliphatic rings. The van der Waals surface area contributed by atoms with Crippen LogP contribution in [0.25, 0.3) is 0 Å². The van der Waals surface area contributed by atoms with Crippen LogP contribution in [-0.2, 0) is 20.7 Å². The normalized spacial score (nSPS) is 15.9. The summed E-state index contributed by atoms with van der Waals surface area (Å²) in [7, 11) is 1.31. The van der Waals surface area contributed by atoms with E-state index in [2.05, 4.69) is 9.84 Å². The van der Waals surface area contributed by atoms with E-state index in [0.29, 0.717) is 18.9 Å². The van der Waals surface area contributed by atoms with Crippen molar-refractivity contribution in [2.24, 2.45) is 5.73 Å². The molecule has 1 amide bonds. The molecule has 1 saturated heterocycles. The van der Waals surface area contributed by atoms with Crippen LogP contribution in [0.5, 0.6) is 0 Å². The summed E-state index contributed by atoms with van der Waals surface area (Å²) in [6.45, 7) is 1.26. The Bertz CT molecular complexity index is 535. The van der Waals surface area contributed by atoms with Crippen LogP contribution in [0.3, 0.4) is 0 Å². The molecule has 0 bridgehead atoms. The number of carbonyl (C=O) groups excluding carboxylic acids is 2. The van der Waals surface area contributed by atoms with Crippen molar-refractivity contribution in [1.29, 1.82) is 0 Å². The van der Waals surface area contributed by atoms with Crippen molar-refractivity contribution in [2.45, 2.75) is 31.7 Å². The number of amides is 1. The standard InChI is InChI=1S/C13H20N4O4/c1-20-10(18)3-2-9-11(13(15)19)12(14)17(16-9)8-4-6-21-7-5-8/h8H,2-7,14H2,1H3,(H2,15,19). The van der Waals surface area contributed by atoms with Gasteiger partial charge in [0.2, 0.25) is 0 Å². The molecule has 2 heterocycles. The molecule has 4 N–H and O–H groups in total. The first-order valence-electron chi connectivity index (χ1n) is 6.85. The van der Waals surface area contributed by atoms with Gasteiger partial charge in [0, 0.05) is 19.6 Å². The number of nitrogens with two attached hydrogens (primary N) is 2. The van der Waals surface area contributed by atoms with Gasteiger partial charge in [-0.15, -0.1) is 0 Å². The Morgan fingerprint density at radius 2 is 2.10 bits per heavy atom. The molecule has 0 spiro atoms. The van der Waals surface area contributed by atoms with Gasteiger partial charge in [0.05, 0.1) is 25.3 Å². The first kappa shape index (κ1) is 15.3. The molecule has 2 rings (SSSR count). The van der Waals surface area contributed by atoms with E-state index in [9.17, 15) is 9.59 Å². The van der Waals surface area contributed by atoms with Gasteiger partial charge in [-0.3, -0.25) is 9.59 Å². The molecule has 8 nitrogen and oxygen atoms in total. The Kier molecular flexibility index (Phi) is 4.79. The monoisotopic (exact) mass is 296 g/mol. The lowest BCUT2D eigenvalue weighted by atomic mass is 10.1. The molecular formula is C13H20N4O4. The molecule has 1 fully saturated rings. The third kappa shape index (κ3) is 3.33. The zero-order chi connectivity index (χ0) is 15.4. The Labute approximate surface area is 122 Å². The van der Waals surface area contributed by atoms with E-state index in [0.717, 1.165) is 12.8 Å². The lowest BCUT2D eigenvalue weighted by molar-refractivity contribution is -0.140. The van der Waals surface area contributed by atoms with Gasteiger partial charge in [0.25, 0.3) is 5.91 Å². The maximum Gasteiger partial charge on any atom is 0.305 e. The van der Waals surface area contributed by atoms with Gasteiger partial charge in [-0.25, -0.2) is 4.68 Å². The molecule has 0 saturated carbocycles. The van der Waals surface area contributed by atoms with Crippen molar-refractivity contribution >= 4 is 17.7 Å². The van der Waals surface area contributed by atoms with Crippen LogP contribution in [0, 0.1) is 0 Å². The highest BCUT2D eigenvalue weighted by Gasteiger charge is 2.25. The van der Waals surface area contributed by atoms with Crippen LogP contribution >= 0.6 is 0 Å². The lowest BCUT2D eigenvalue weighted by Crippen LogP contribution is -2.22. The number of primary amides is 1. The number of aryl methyl sites for hydroxylation is 1. The Morgan fingerprint density at radius 3 is 2.67 bits per heavy atom. The van der Waals surface area contributed by atoms with Gasteiger partial charge in [-0.2, -0.15) is 5.10 Å². The number of aromatic nitrogens is 2. The summed E-state index contributed by atoms with van der Waals surface area (Å²) in [6, 6.07) is 0.0868. The largest absolute Gasteiger partial charge is 0.469 e. The summed E-state index contributed by atoms with van der Waals surface area (Å²) >= 11 is 0. The molecule has 1 aromatic rings. The number of carbonyl (C=O) groups is 2. The SMILES string of the molecule is COC(=O)CCc1nn(C2CCOCC2)c(N)c1C(N)=O. The minimum Gasteiger partial charge on any atom is -0.469 e. The Hall–Kier alpha value is -2.09. The smallest absolute Gasteiger partial charge is 0.305 e. The van der Waals surface area contributed by atoms with Gasteiger partial charge in [-0.1, -0.05) is 0 Å². The number of esters is 1. The van der Waals surface area contributed by atoms with E-state index in [1.54, 1.807) is 4.68 Å². The average molecular weight is 296 g/mol. The molecule has 0 radical (unpaired) electrons. The van der Waals surface area contributed by atoms with Gasteiger partial charge >= 0.3 is 5.97 Å². The van der Waals surface area contributed by atoms with Crippen molar-refractivity contribution in [2.75, 3.05) is 26.1 Å². The van der Waals surface area contributed by atoms with E-state index in [4.69, 9.17) is 16.2 Å². The summed E-state index contributed by atoms with van der Waals surface area (Å²) in [6.07, 6.45) is 1.95. The predicted octanol–water partition coefficient (Wildman–Crippen LogP) is 0.0213. The topological polar surface area (TPSA) is 122 Å². The maximum atomic E-state index is 11.6. The van der Waals surface area contributed by atoms with Crippen molar-refractivity contribution in [3.8, 4) is 0 Å². The zero-order valence-corrected chi connectivity index (χ0v) is 12.0. The predicted molar refractivity (Wildman–Crippen MR) is 74.6 cm³/mol. The van der Waals surface area contributed by atoms with Crippen LogP contribution in [0.2, 0.25) is 0 Å². The summed E-state index contributed by atoms with van der Waals surface area (Å²) in [4.78, 5) is 22.8. The van der Waals surface area contributed by atoms with Crippen molar-refractivity contribution in [3.05, 3.63) is 11.3 Å². The number of ether oxygens (including phenoxy) is 2. The van der Waals surface area contributed by atoms with E-state index in [1.165, 1.54) is 7.11 Å². The number of methoxy groups -OCH3 is 1. The molecule has 0 unspecified atom stereocenters. The highest BCUT2D eigenvalue weighted by atomic mass is 16.5. The fraction of sp³-hybridized carbons (Fsp3) is 0.615. The highest BCUT2D eigenvalue weighted by Crippen LogP contribution is 2.27. The van der Waals surface area contributed by atoms with E-state index in [-0.39, 0.29) is 36.2 Å². The molecule has 1 aliphatic heterocycles. The summed E-state index contributed by atoms with van der Waals surface area (Å²) in [5.74, 6) is -0.746. The number of anilines is 1. The van der Waals surface area contributed by atoms with Gasteiger partial charge in [-0.05, 0) is 12.8 Å². The molecule has 0 aliphatic carbocycles. The van der Waals surface area contributed by atoms with Crippen LogP contribution < -0.4 is 11.5 Å². The van der Waals surface area contributed by atoms with Crippen molar-refractivity contribution < 1.29 is 19.1 Å². The second-order valence-electron chi connectivity index (χ2n) is 4.94. The lowest BCUT2D eigenvalue weighted by Gasteiger charge is -2.23. The minimum atomic E-state index is -0.634. The zero-order valence-electron chi connectivity index (χ0n) is 12.0. The third-order valence-electron chi connectivity index (χ3n) is 3.60. The van der Waals surface area contributed by atoms with Gasteiger partial charge in [0.15, 0.2) is 0 Å². The quantitative estimate of drug-likeness (QED) is 0.738. The first-order valence-corrected chi connectivity index (χ1v) is 6.85. The third-order valence-corrected chi connectivity index (χ3v) is 3.60. The molecule has 21 heavy (non-hydrogen) atoms. The minimum absolute atomic E-state index is 0.0868. The Morgan fingerprint density at radius 1 is 1.43 bits per heavy atom. The fourth-order valence-corrected chi connectivity index (χ4v) is 2.47. The second-order valence-corrected chi connectivity index (χ2v) is 4.94. The van der Waals surface area contributed by atoms with Crippen molar-refractivity contribution in [3.63, 3.8) is 0 Å². The van der Waals surface area contributed by atoms with E-state index < -0.39 is 5.91 Å². The summed E-state index contributed by atoms with van der Waals surface area (Å²) in [5.41, 5.74) is 12.0. The first-order chi connectivity index (χ1) is 10.0. The van der Waals surface area contributed by atoms with Gasteiger partial charge < -0.3 is 20.9 Å². The number of hydrogen-bond donors (Lipinski definition) is 2. The Balaban J connectivity index is 2.26. The van der Waals surface area contributed by atoms with Crippen LogP contribution in [0.1, 0.15) is 41.4 Å².